The SMILES string of the molecule is O=C(NCCCn1cc(Cl)cn1)c1ccn(Cn2cc(Br)cn2)n1. The van der Waals surface area contributed by atoms with Crippen molar-refractivity contribution < 1.29 is 4.79 Å². The van der Waals surface area contributed by atoms with Crippen LogP contribution >= 0.6 is 27.5 Å². The zero-order valence-electron chi connectivity index (χ0n) is 12.6. The Morgan fingerprint density at radius 1 is 1.21 bits per heavy atom. The summed E-state index contributed by atoms with van der Waals surface area (Å²) in [5.41, 5.74) is 0.378. The van der Waals surface area contributed by atoms with Crippen molar-refractivity contribution in [2.24, 2.45) is 0 Å². The molecule has 1 amide bonds. The van der Waals surface area contributed by atoms with Gasteiger partial charge < -0.3 is 5.32 Å². The minimum Gasteiger partial charge on any atom is -0.351 e. The van der Waals surface area contributed by atoms with Crippen LogP contribution in [0, 0.1) is 0 Å². The third-order valence-electron chi connectivity index (χ3n) is 3.22. The second-order valence-corrected chi connectivity index (χ2v) is 6.46. The smallest absolute Gasteiger partial charge is 0.271 e. The molecule has 8 nitrogen and oxygen atoms in total. The number of aromatic nitrogens is 6. The van der Waals surface area contributed by atoms with Crippen molar-refractivity contribution in [2.75, 3.05) is 6.54 Å². The van der Waals surface area contributed by atoms with E-state index in [1.54, 1.807) is 44.9 Å². The molecule has 126 valence electrons. The van der Waals surface area contributed by atoms with E-state index in [1.165, 1.54) is 0 Å². The molecule has 0 aromatic carbocycles. The van der Waals surface area contributed by atoms with E-state index in [4.69, 9.17) is 11.6 Å². The molecule has 0 unspecified atom stereocenters. The highest BCUT2D eigenvalue weighted by atomic mass is 79.9. The fraction of sp³-hybridized carbons (Fsp3) is 0.286. The quantitative estimate of drug-likeness (QED) is 0.602. The van der Waals surface area contributed by atoms with Crippen LogP contribution in [0.5, 0.6) is 0 Å². The Morgan fingerprint density at radius 3 is 2.75 bits per heavy atom. The van der Waals surface area contributed by atoms with Crippen LogP contribution in [0.2, 0.25) is 5.02 Å². The summed E-state index contributed by atoms with van der Waals surface area (Å²) < 4.78 is 6.01. The Balaban J connectivity index is 1.45. The molecular weight excluding hydrogens is 398 g/mol. The first kappa shape index (κ1) is 16.7. The van der Waals surface area contributed by atoms with Crippen LogP contribution in [0.3, 0.4) is 0 Å². The maximum atomic E-state index is 12.1. The molecule has 10 heteroatoms. The van der Waals surface area contributed by atoms with Crippen molar-refractivity contribution in [3.8, 4) is 0 Å². The van der Waals surface area contributed by atoms with Gasteiger partial charge in [0.25, 0.3) is 5.91 Å². The van der Waals surface area contributed by atoms with Gasteiger partial charge in [-0.3, -0.25) is 14.2 Å². The maximum absolute atomic E-state index is 12.1. The largest absolute Gasteiger partial charge is 0.351 e. The molecule has 0 saturated heterocycles. The number of carbonyl (C=O) groups excluding carboxylic acids is 1. The van der Waals surface area contributed by atoms with Gasteiger partial charge in [-0.05, 0) is 28.4 Å². The van der Waals surface area contributed by atoms with Gasteiger partial charge in [-0.15, -0.1) is 0 Å². The zero-order valence-corrected chi connectivity index (χ0v) is 15.0. The van der Waals surface area contributed by atoms with Crippen molar-refractivity contribution in [3.63, 3.8) is 0 Å². The number of amides is 1. The predicted molar refractivity (Wildman–Crippen MR) is 91.7 cm³/mol. The summed E-state index contributed by atoms with van der Waals surface area (Å²) in [5.74, 6) is -0.200. The predicted octanol–water partition coefficient (Wildman–Crippen LogP) is 2.02. The molecule has 0 radical (unpaired) electrons. The highest BCUT2D eigenvalue weighted by Crippen LogP contribution is 2.07. The van der Waals surface area contributed by atoms with Crippen molar-refractivity contribution in [2.45, 2.75) is 19.6 Å². The maximum Gasteiger partial charge on any atom is 0.271 e. The molecule has 0 atom stereocenters. The van der Waals surface area contributed by atoms with Crippen LogP contribution in [-0.2, 0) is 13.2 Å². The lowest BCUT2D eigenvalue weighted by molar-refractivity contribution is 0.0946. The first-order valence-electron chi connectivity index (χ1n) is 7.28. The number of carbonyl (C=O) groups is 1. The van der Waals surface area contributed by atoms with E-state index in [0.29, 0.717) is 30.5 Å². The molecule has 0 saturated carbocycles. The molecule has 0 aliphatic rings. The number of hydrogen-bond acceptors (Lipinski definition) is 4. The van der Waals surface area contributed by atoms with Crippen LogP contribution in [0.25, 0.3) is 0 Å². The van der Waals surface area contributed by atoms with Crippen molar-refractivity contribution >= 4 is 33.4 Å². The standard InChI is InChI=1S/C14H15BrClN7O/c15-11-6-18-23(8-11)10-22-5-2-13(20-22)14(24)17-3-1-4-21-9-12(16)7-19-21/h2,5-9H,1,3-4,10H2,(H,17,24). The van der Waals surface area contributed by atoms with Crippen molar-refractivity contribution in [1.29, 1.82) is 0 Å². The monoisotopic (exact) mass is 411 g/mol. The summed E-state index contributed by atoms with van der Waals surface area (Å²) in [4.78, 5) is 12.1. The van der Waals surface area contributed by atoms with Crippen molar-refractivity contribution in [3.05, 3.63) is 52.2 Å². The Kier molecular flexibility index (Phi) is 5.31. The lowest BCUT2D eigenvalue weighted by Gasteiger charge is -2.04. The van der Waals surface area contributed by atoms with Gasteiger partial charge in [0.15, 0.2) is 0 Å². The lowest BCUT2D eigenvalue weighted by Crippen LogP contribution is -2.26. The molecule has 0 spiro atoms. The summed E-state index contributed by atoms with van der Waals surface area (Å²) >= 11 is 9.13. The summed E-state index contributed by atoms with van der Waals surface area (Å²) in [6, 6.07) is 1.68. The lowest BCUT2D eigenvalue weighted by atomic mass is 10.3. The molecule has 0 aliphatic carbocycles. The normalized spacial score (nSPS) is 10.9. The van der Waals surface area contributed by atoms with E-state index >= 15 is 0 Å². The fourth-order valence-electron chi connectivity index (χ4n) is 2.12. The van der Waals surface area contributed by atoms with Gasteiger partial charge in [-0.2, -0.15) is 15.3 Å². The average Bonchev–Trinajstić information content (AvgIpc) is 3.27. The van der Waals surface area contributed by atoms with Crippen molar-refractivity contribution in [1.82, 2.24) is 34.7 Å². The van der Waals surface area contributed by atoms with Crippen LogP contribution in [0.1, 0.15) is 16.9 Å². The second kappa shape index (κ2) is 7.63. The van der Waals surface area contributed by atoms with E-state index in [9.17, 15) is 4.79 Å². The molecule has 0 fully saturated rings. The highest BCUT2D eigenvalue weighted by Gasteiger charge is 2.09. The van der Waals surface area contributed by atoms with Gasteiger partial charge in [0.2, 0.25) is 0 Å². The second-order valence-electron chi connectivity index (χ2n) is 5.11. The Hall–Kier alpha value is -2.13. The minimum absolute atomic E-state index is 0.200. The van der Waals surface area contributed by atoms with E-state index in [0.717, 1.165) is 10.9 Å². The Bertz CT molecular complexity index is 825. The van der Waals surface area contributed by atoms with Gasteiger partial charge in [-0.1, -0.05) is 11.6 Å². The Morgan fingerprint density at radius 2 is 2.04 bits per heavy atom. The van der Waals surface area contributed by atoms with Gasteiger partial charge in [-0.25, -0.2) is 4.68 Å². The molecule has 3 rings (SSSR count). The zero-order chi connectivity index (χ0) is 16.9. The van der Waals surface area contributed by atoms with Gasteiger partial charge in [0.05, 0.1) is 21.9 Å². The topological polar surface area (TPSA) is 82.6 Å². The number of nitrogens with zero attached hydrogens (tertiary/aromatic N) is 6. The first-order chi connectivity index (χ1) is 11.6. The highest BCUT2D eigenvalue weighted by molar-refractivity contribution is 9.10. The summed E-state index contributed by atoms with van der Waals surface area (Å²) in [5, 5.41) is 15.9. The van der Waals surface area contributed by atoms with Crippen LogP contribution in [0.4, 0.5) is 0 Å². The molecule has 1 N–H and O–H groups in total. The molecule has 24 heavy (non-hydrogen) atoms. The van der Waals surface area contributed by atoms with Crippen LogP contribution in [-0.4, -0.2) is 41.8 Å². The fourth-order valence-corrected chi connectivity index (χ4v) is 2.60. The third-order valence-corrected chi connectivity index (χ3v) is 3.82. The molecular formula is C14H15BrClN7O. The summed E-state index contributed by atoms with van der Waals surface area (Å²) in [6.07, 6.45) is 9.37. The molecule has 0 aliphatic heterocycles. The molecule has 3 aromatic rings. The number of halogens is 2. The van der Waals surface area contributed by atoms with Crippen LogP contribution in [0.15, 0.2) is 41.5 Å². The summed E-state index contributed by atoms with van der Waals surface area (Å²) in [7, 11) is 0. The number of nitrogens with one attached hydrogen (secondary N) is 1. The third kappa shape index (κ3) is 4.45. The van der Waals surface area contributed by atoms with Gasteiger partial charge in [0, 0.05) is 31.7 Å². The van der Waals surface area contributed by atoms with Gasteiger partial charge in [0.1, 0.15) is 12.4 Å². The molecule has 0 bridgehead atoms. The van der Waals surface area contributed by atoms with Gasteiger partial charge >= 0.3 is 0 Å². The minimum atomic E-state index is -0.200. The van der Waals surface area contributed by atoms with E-state index < -0.39 is 0 Å². The summed E-state index contributed by atoms with van der Waals surface area (Å²) in [6.45, 7) is 1.67. The van der Waals surface area contributed by atoms with Crippen LogP contribution < -0.4 is 5.32 Å². The number of rotatable bonds is 7. The molecule has 3 aromatic heterocycles. The van der Waals surface area contributed by atoms with E-state index in [1.807, 2.05) is 6.20 Å². The Labute approximate surface area is 151 Å². The first-order valence-corrected chi connectivity index (χ1v) is 8.45. The number of hydrogen-bond donors (Lipinski definition) is 1. The average molecular weight is 413 g/mol. The molecule has 3 heterocycles. The van der Waals surface area contributed by atoms with E-state index in [-0.39, 0.29) is 5.91 Å². The number of aryl methyl sites for hydroxylation is 1. The van der Waals surface area contributed by atoms with E-state index in [2.05, 4.69) is 36.5 Å².